The highest BCUT2D eigenvalue weighted by Gasteiger charge is 2.19. The highest BCUT2D eigenvalue weighted by Crippen LogP contribution is 2.30. The van der Waals surface area contributed by atoms with Crippen LogP contribution in [0, 0.1) is 13.8 Å². The fraction of sp³-hybridized carbons (Fsp3) is 0.182. The summed E-state index contributed by atoms with van der Waals surface area (Å²) >= 11 is 0. The van der Waals surface area contributed by atoms with E-state index in [4.69, 9.17) is 9.47 Å². The maximum Gasteiger partial charge on any atom is 0.271 e. The molecule has 0 fully saturated rings. The molecule has 1 aliphatic heterocycles. The Hall–Kier alpha value is -3.74. The number of fused-ring (bicyclic) bond motifs is 1. The molecule has 0 spiro atoms. The molecule has 148 valence electrons. The zero-order valence-corrected chi connectivity index (χ0v) is 16.2. The van der Waals surface area contributed by atoms with Gasteiger partial charge in [0.05, 0.1) is 5.56 Å². The monoisotopic (exact) mass is 391 g/mol. The lowest BCUT2D eigenvalue weighted by atomic mass is 10.2. The Morgan fingerprint density at radius 3 is 2.31 bits per heavy atom. The minimum atomic E-state index is -0.438. The van der Waals surface area contributed by atoms with E-state index in [1.54, 1.807) is 24.3 Å². The van der Waals surface area contributed by atoms with E-state index < -0.39 is 5.91 Å². The molecular weight excluding hydrogens is 370 g/mol. The van der Waals surface area contributed by atoms with Gasteiger partial charge >= 0.3 is 0 Å². The summed E-state index contributed by atoms with van der Waals surface area (Å²) < 4.78 is 12.9. The van der Waals surface area contributed by atoms with Crippen LogP contribution in [0.2, 0.25) is 0 Å². The molecule has 0 bridgehead atoms. The van der Waals surface area contributed by atoms with Crippen molar-refractivity contribution >= 4 is 11.8 Å². The summed E-state index contributed by atoms with van der Waals surface area (Å²) in [5, 5.41) is 0. The molecule has 2 amide bonds. The average molecular weight is 391 g/mol. The number of nitrogens with one attached hydrogen (secondary N) is 2. The summed E-state index contributed by atoms with van der Waals surface area (Å²) in [6, 6.07) is 16.5. The van der Waals surface area contributed by atoms with Gasteiger partial charge in [-0.3, -0.25) is 20.4 Å². The number of aryl methyl sites for hydroxylation is 1. The predicted octanol–water partition coefficient (Wildman–Crippen LogP) is 2.94. The van der Waals surface area contributed by atoms with E-state index in [9.17, 15) is 9.59 Å². The van der Waals surface area contributed by atoms with Gasteiger partial charge in [-0.25, -0.2) is 0 Å². The molecule has 0 saturated carbocycles. The number of benzene rings is 2. The number of ether oxygens (including phenoxy) is 2. The van der Waals surface area contributed by atoms with E-state index in [0.717, 1.165) is 17.1 Å². The first-order valence-electron chi connectivity index (χ1n) is 9.29. The number of hydrazine groups is 1. The van der Waals surface area contributed by atoms with Crippen LogP contribution >= 0.6 is 0 Å². The third kappa shape index (κ3) is 3.67. The van der Waals surface area contributed by atoms with Gasteiger partial charge in [-0.2, -0.15) is 0 Å². The normalized spacial score (nSPS) is 12.3. The molecule has 2 aromatic carbocycles. The third-order valence-electron chi connectivity index (χ3n) is 4.78. The van der Waals surface area contributed by atoms with E-state index in [0.29, 0.717) is 35.8 Å². The summed E-state index contributed by atoms with van der Waals surface area (Å²) in [5.41, 5.74) is 8.49. The van der Waals surface area contributed by atoms with Crippen molar-refractivity contribution < 1.29 is 19.1 Å². The standard InChI is InChI=1S/C22H21N3O4/c1-14-12-18(15(2)25(14)17-6-4-3-5-7-17)22(27)24-23-21(26)16-8-9-19-20(13-16)29-11-10-28-19/h3-9,12-13H,10-11H2,1-2H3,(H,23,26)(H,24,27). The molecule has 3 aromatic rings. The topological polar surface area (TPSA) is 81.6 Å². The van der Waals surface area contributed by atoms with Crippen LogP contribution in [0.5, 0.6) is 11.5 Å². The van der Waals surface area contributed by atoms with Crippen molar-refractivity contribution in [3.05, 3.63) is 77.1 Å². The first-order chi connectivity index (χ1) is 14.0. The zero-order valence-electron chi connectivity index (χ0n) is 16.2. The van der Waals surface area contributed by atoms with Gasteiger partial charge in [0, 0.05) is 22.6 Å². The third-order valence-corrected chi connectivity index (χ3v) is 4.78. The summed E-state index contributed by atoms with van der Waals surface area (Å²) in [6.07, 6.45) is 0. The van der Waals surface area contributed by atoms with Gasteiger partial charge in [-0.15, -0.1) is 0 Å². The lowest BCUT2D eigenvalue weighted by Crippen LogP contribution is -2.41. The van der Waals surface area contributed by atoms with E-state index in [2.05, 4.69) is 10.9 Å². The second-order valence-corrected chi connectivity index (χ2v) is 6.72. The van der Waals surface area contributed by atoms with Gasteiger partial charge in [0.1, 0.15) is 13.2 Å². The molecule has 7 heteroatoms. The molecule has 2 N–H and O–H groups in total. The van der Waals surface area contributed by atoms with Gasteiger partial charge in [0.25, 0.3) is 11.8 Å². The molecule has 1 aromatic heterocycles. The Balaban J connectivity index is 1.47. The molecule has 0 aliphatic carbocycles. The number of aromatic nitrogens is 1. The molecule has 0 unspecified atom stereocenters. The molecule has 2 heterocycles. The second-order valence-electron chi connectivity index (χ2n) is 6.72. The largest absolute Gasteiger partial charge is 0.486 e. The highest BCUT2D eigenvalue weighted by atomic mass is 16.6. The molecule has 0 radical (unpaired) electrons. The SMILES string of the molecule is Cc1cc(C(=O)NNC(=O)c2ccc3c(c2)OCCO3)c(C)n1-c1ccccc1. The van der Waals surface area contributed by atoms with Crippen molar-refractivity contribution in [3.63, 3.8) is 0 Å². The smallest absolute Gasteiger partial charge is 0.271 e. The number of nitrogens with zero attached hydrogens (tertiary/aromatic N) is 1. The van der Waals surface area contributed by atoms with Crippen molar-refractivity contribution in [2.24, 2.45) is 0 Å². The Morgan fingerprint density at radius 1 is 0.862 bits per heavy atom. The molecule has 0 atom stereocenters. The van der Waals surface area contributed by atoms with Crippen molar-refractivity contribution in [1.82, 2.24) is 15.4 Å². The lowest BCUT2D eigenvalue weighted by Gasteiger charge is -2.18. The fourth-order valence-corrected chi connectivity index (χ4v) is 3.40. The molecular formula is C22H21N3O4. The van der Waals surface area contributed by atoms with Crippen molar-refractivity contribution in [2.45, 2.75) is 13.8 Å². The Kier molecular flexibility index (Phi) is 4.95. The minimum absolute atomic E-state index is 0.365. The lowest BCUT2D eigenvalue weighted by molar-refractivity contribution is 0.0845. The Labute approximate surface area is 168 Å². The van der Waals surface area contributed by atoms with Crippen LogP contribution in [0.1, 0.15) is 32.1 Å². The summed E-state index contributed by atoms with van der Waals surface area (Å²) in [4.78, 5) is 25.1. The van der Waals surface area contributed by atoms with Crippen LogP contribution in [0.4, 0.5) is 0 Å². The number of hydrogen-bond acceptors (Lipinski definition) is 4. The zero-order chi connectivity index (χ0) is 20.4. The molecule has 0 saturated heterocycles. The van der Waals surface area contributed by atoms with Crippen LogP contribution in [-0.2, 0) is 0 Å². The summed E-state index contributed by atoms with van der Waals surface area (Å²) in [6.45, 7) is 4.73. The maximum atomic E-state index is 12.6. The number of para-hydroxylation sites is 1. The van der Waals surface area contributed by atoms with Crippen molar-refractivity contribution in [3.8, 4) is 17.2 Å². The van der Waals surface area contributed by atoms with Crippen molar-refractivity contribution in [2.75, 3.05) is 13.2 Å². The van der Waals surface area contributed by atoms with E-state index in [1.807, 2.05) is 48.7 Å². The first kappa shape index (κ1) is 18.6. The highest BCUT2D eigenvalue weighted by molar-refractivity contribution is 6.00. The van der Waals surface area contributed by atoms with Gasteiger partial charge in [-0.1, -0.05) is 18.2 Å². The molecule has 4 rings (SSSR count). The van der Waals surface area contributed by atoms with Gasteiger partial charge < -0.3 is 14.0 Å². The Bertz CT molecular complexity index is 1070. The second kappa shape index (κ2) is 7.71. The quantitative estimate of drug-likeness (QED) is 0.673. The minimum Gasteiger partial charge on any atom is -0.486 e. The maximum absolute atomic E-state index is 12.6. The van der Waals surface area contributed by atoms with Crippen LogP contribution in [0.3, 0.4) is 0 Å². The number of rotatable bonds is 3. The van der Waals surface area contributed by atoms with Crippen LogP contribution in [0.15, 0.2) is 54.6 Å². The van der Waals surface area contributed by atoms with Crippen LogP contribution < -0.4 is 20.3 Å². The summed E-state index contributed by atoms with van der Waals surface area (Å²) in [7, 11) is 0. The summed E-state index contributed by atoms with van der Waals surface area (Å²) in [5.74, 6) is 0.296. The van der Waals surface area contributed by atoms with E-state index >= 15 is 0 Å². The molecule has 1 aliphatic rings. The molecule has 7 nitrogen and oxygen atoms in total. The van der Waals surface area contributed by atoms with E-state index in [-0.39, 0.29) is 5.91 Å². The molecule has 29 heavy (non-hydrogen) atoms. The van der Waals surface area contributed by atoms with Gasteiger partial charge in [-0.05, 0) is 50.2 Å². The van der Waals surface area contributed by atoms with Crippen LogP contribution in [0.25, 0.3) is 5.69 Å². The fourth-order valence-electron chi connectivity index (χ4n) is 3.40. The number of carbonyl (C=O) groups excluding carboxylic acids is 2. The first-order valence-corrected chi connectivity index (χ1v) is 9.29. The number of amides is 2. The average Bonchev–Trinajstić information content (AvgIpc) is 3.06. The number of carbonyl (C=O) groups is 2. The van der Waals surface area contributed by atoms with Gasteiger partial charge in [0.15, 0.2) is 11.5 Å². The van der Waals surface area contributed by atoms with Crippen LogP contribution in [-0.4, -0.2) is 29.6 Å². The van der Waals surface area contributed by atoms with Crippen molar-refractivity contribution in [1.29, 1.82) is 0 Å². The number of hydrogen-bond donors (Lipinski definition) is 2. The Morgan fingerprint density at radius 2 is 1.55 bits per heavy atom. The van der Waals surface area contributed by atoms with E-state index in [1.165, 1.54) is 0 Å². The van der Waals surface area contributed by atoms with Gasteiger partial charge in [0.2, 0.25) is 0 Å². The predicted molar refractivity (Wildman–Crippen MR) is 108 cm³/mol.